The molecular weight excluding hydrogens is 210 g/mol. The van der Waals surface area contributed by atoms with Crippen LogP contribution in [-0.2, 0) is 13.0 Å². The maximum absolute atomic E-state index is 11.9. The Hall–Kier alpha value is -0.940. The van der Waals surface area contributed by atoms with Crippen LogP contribution in [-0.4, -0.2) is 35.9 Å². The number of likely N-dealkylation sites (N-methyl/N-ethyl adjacent to an activating group) is 1. The van der Waals surface area contributed by atoms with Crippen molar-refractivity contribution in [1.82, 2.24) is 15.2 Å². The van der Waals surface area contributed by atoms with Crippen LogP contribution in [0.25, 0.3) is 0 Å². The molecule has 0 aliphatic carbocycles. The summed E-state index contributed by atoms with van der Waals surface area (Å²) in [4.78, 5) is 19.1. The van der Waals surface area contributed by atoms with Gasteiger partial charge < -0.3 is 10.2 Å². The van der Waals surface area contributed by atoms with E-state index in [1.807, 2.05) is 18.9 Å². The fourth-order valence-corrected chi connectivity index (χ4v) is 2.84. The van der Waals surface area contributed by atoms with Crippen molar-refractivity contribution in [2.75, 3.05) is 20.1 Å². The van der Waals surface area contributed by atoms with Crippen LogP contribution in [0.2, 0.25) is 0 Å². The highest BCUT2D eigenvalue weighted by atomic mass is 32.1. The molecule has 1 aromatic rings. The predicted octanol–water partition coefficient (Wildman–Crippen LogP) is 0.881. The number of nitrogens with one attached hydrogen (secondary N) is 1. The Morgan fingerprint density at radius 3 is 3.07 bits per heavy atom. The van der Waals surface area contributed by atoms with Gasteiger partial charge in [0, 0.05) is 26.1 Å². The van der Waals surface area contributed by atoms with E-state index in [1.165, 1.54) is 11.3 Å². The molecule has 0 atom stereocenters. The molecule has 1 aliphatic rings. The second-order valence-electron chi connectivity index (χ2n) is 3.55. The Morgan fingerprint density at radius 2 is 2.40 bits per heavy atom. The third kappa shape index (κ3) is 1.89. The first-order chi connectivity index (χ1) is 7.26. The molecule has 1 aromatic heterocycles. The molecule has 0 spiro atoms. The standard InChI is InChI=1S/C10H15N3OS/c1-3-13-5-4-7-9(10(13)14)15-8(12-7)6-11-2/h11H,3-6H2,1-2H3. The lowest BCUT2D eigenvalue weighted by Crippen LogP contribution is -2.36. The molecule has 4 nitrogen and oxygen atoms in total. The van der Waals surface area contributed by atoms with Crippen molar-refractivity contribution in [1.29, 1.82) is 0 Å². The zero-order valence-corrected chi connectivity index (χ0v) is 9.86. The average molecular weight is 225 g/mol. The molecular formula is C10H15N3OS. The van der Waals surface area contributed by atoms with Gasteiger partial charge in [0.15, 0.2) is 0 Å². The Balaban J connectivity index is 2.27. The molecule has 0 aromatic carbocycles. The van der Waals surface area contributed by atoms with Crippen molar-refractivity contribution in [3.8, 4) is 0 Å². The van der Waals surface area contributed by atoms with Crippen molar-refractivity contribution in [2.24, 2.45) is 0 Å². The Bertz CT molecular complexity index is 375. The van der Waals surface area contributed by atoms with E-state index >= 15 is 0 Å². The van der Waals surface area contributed by atoms with Crippen molar-refractivity contribution < 1.29 is 4.79 Å². The second-order valence-corrected chi connectivity index (χ2v) is 4.63. The third-order valence-electron chi connectivity index (χ3n) is 2.55. The topological polar surface area (TPSA) is 45.2 Å². The van der Waals surface area contributed by atoms with E-state index in [-0.39, 0.29) is 5.91 Å². The maximum atomic E-state index is 11.9. The summed E-state index contributed by atoms with van der Waals surface area (Å²) in [6.07, 6.45) is 0.898. The number of carbonyl (C=O) groups excluding carboxylic acids is 1. The summed E-state index contributed by atoms with van der Waals surface area (Å²) in [7, 11) is 1.89. The monoisotopic (exact) mass is 225 g/mol. The van der Waals surface area contributed by atoms with Crippen LogP contribution >= 0.6 is 11.3 Å². The summed E-state index contributed by atoms with van der Waals surface area (Å²) in [5.74, 6) is 0.151. The second kappa shape index (κ2) is 4.28. The zero-order valence-electron chi connectivity index (χ0n) is 9.04. The SMILES string of the molecule is CCN1CCc2nc(CNC)sc2C1=O. The number of fused-ring (bicyclic) bond motifs is 1. The number of nitrogens with zero attached hydrogens (tertiary/aromatic N) is 2. The quantitative estimate of drug-likeness (QED) is 0.830. The summed E-state index contributed by atoms with van der Waals surface area (Å²) in [6, 6.07) is 0. The summed E-state index contributed by atoms with van der Waals surface area (Å²) >= 11 is 1.52. The van der Waals surface area contributed by atoms with Gasteiger partial charge in [0.05, 0.1) is 5.69 Å². The molecule has 0 radical (unpaired) electrons. The van der Waals surface area contributed by atoms with Crippen LogP contribution in [0.15, 0.2) is 0 Å². The first kappa shape index (κ1) is 10.6. The van der Waals surface area contributed by atoms with E-state index < -0.39 is 0 Å². The van der Waals surface area contributed by atoms with Crippen LogP contribution in [0.1, 0.15) is 27.3 Å². The number of amides is 1. The van der Waals surface area contributed by atoms with E-state index in [0.29, 0.717) is 0 Å². The molecule has 1 N–H and O–H groups in total. The highest BCUT2D eigenvalue weighted by Gasteiger charge is 2.26. The molecule has 82 valence electrons. The number of hydrogen-bond acceptors (Lipinski definition) is 4. The van der Waals surface area contributed by atoms with Gasteiger partial charge in [-0.1, -0.05) is 0 Å². The summed E-state index contributed by atoms with van der Waals surface area (Å²) < 4.78 is 0. The van der Waals surface area contributed by atoms with Gasteiger partial charge in [0.25, 0.3) is 5.91 Å². The summed E-state index contributed by atoms with van der Waals surface area (Å²) in [5, 5.41) is 4.06. The Morgan fingerprint density at radius 1 is 1.60 bits per heavy atom. The Kier molecular flexibility index (Phi) is 3.02. The fourth-order valence-electron chi connectivity index (χ4n) is 1.75. The normalized spacial score (nSPS) is 15.6. The van der Waals surface area contributed by atoms with Crippen LogP contribution in [0.4, 0.5) is 0 Å². The van der Waals surface area contributed by atoms with Gasteiger partial charge in [-0.15, -0.1) is 11.3 Å². The highest BCUT2D eigenvalue weighted by Crippen LogP contribution is 2.24. The lowest BCUT2D eigenvalue weighted by Gasteiger charge is -2.24. The molecule has 0 saturated carbocycles. The van der Waals surface area contributed by atoms with Crippen molar-refractivity contribution in [3.63, 3.8) is 0 Å². The first-order valence-electron chi connectivity index (χ1n) is 5.18. The maximum Gasteiger partial charge on any atom is 0.265 e. The molecule has 1 amide bonds. The van der Waals surface area contributed by atoms with E-state index in [1.54, 1.807) is 0 Å². The van der Waals surface area contributed by atoms with E-state index in [0.717, 1.165) is 41.6 Å². The van der Waals surface area contributed by atoms with Crippen LogP contribution in [0.3, 0.4) is 0 Å². The molecule has 0 saturated heterocycles. The zero-order chi connectivity index (χ0) is 10.8. The minimum atomic E-state index is 0.151. The number of carbonyl (C=O) groups is 1. The smallest absolute Gasteiger partial charge is 0.265 e. The Labute approximate surface area is 93.3 Å². The predicted molar refractivity (Wildman–Crippen MR) is 60.2 cm³/mol. The van der Waals surface area contributed by atoms with Crippen molar-refractivity contribution in [2.45, 2.75) is 19.9 Å². The number of rotatable bonds is 3. The van der Waals surface area contributed by atoms with Gasteiger partial charge >= 0.3 is 0 Å². The lowest BCUT2D eigenvalue weighted by molar-refractivity contribution is 0.0753. The number of thiazole rings is 1. The third-order valence-corrected chi connectivity index (χ3v) is 3.64. The average Bonchev–Trinajstić information content (AvgIpc) is 2.63. The van der Waals surface area contributed by atoms with Crippen LogP contribution in [0, 0.1) is 0 Å². The van der Waals surface area contributed by atoms with Crippen molar-refractivity contribution >= 4 is 17.2 Å². The molecule has 0 unspecified atom stereocenters. The molecule has 0 bridgehead atoms. The summed E-state index contributed by atoms with van der Waals surface area (Å²) in [6.45, 7) is 4.36. The van der Waals surface area contributed by atoms with Crippen LogP contribution < -0.4 is 5.32 Å². The van der Waals surface area contributed by atoms with Gasteiger partial charge in [0.2, 0.25) is 0 Å². The molecule has 5 heteroatoms. The molecule has 1 aliphatic heterocycles. The van der Waals surface area contributed by atoms with Gasteiger partial charge in [-0.25, -0.2) is 4.98 Å². The molecule has 0 fully saturated rings. The van der Waals surface area contributed by atoms with E-state index in [9.17, 15) is 4.79 Å². The molecule has 2 rings (SSSR count). The molecule has 15 heavy (non-hydrogen) atoms. The minimum absolute atomic E-state index is 0.151. The summed E-state index contributed by atoms with van der Waals surface area (Å²) in [5.41, 5.74) is 0.986. The van der Waals surface area contributed by atoms with E-state index in [2.05, 4.69) is 10.3 Å². The lowest BCUT2D eigenvalue weighted by atomic mass is 10.2. The highest BCUT2D eigenvalue weighted by molar-refractivity contribution is 7.13. The number of hydrogen-bond donors (Lipinski definition) is 1. The largest absolute Gasteiger partial charge is 0.338 e. The minimum Gasteiger partial charge on any atom is -0.338 e. The van der Waals surface area contributed by atoms with Gasteiger partial charge in [-0.3, -0.25) is 4.79 Å². The van der Waals surface area contributed by atoms with E-state index in [4.69, 9.17) is 0 Å². The molecule has 2 heterocycles. The van der Waals surface area contributed by atoms with Gasteiger partial charge in [-0.2, -0.15) is 0 Å². The fraction of sp³-hybridized carbons (Fsp3) is 0.600. The van der Waals surface area contributed by atoms with Crippen LogP contribution in [0.5, 0.6) is 0 Å². The van der Waals surface area contributed by atoms with Crippen molar-refractivity contribution in [3.05, 3.63) is 15.6 Å². The first-order valence-corrected chi connectivity index (χ1v) is 6.00. The number of aromatic nitrogens is 1. The van der Waals surface area contributed by atoms with Gasteiger partial charge in [-0.05, 0) is 14.0 Å². The van der Waals surface area contributed by atoms with Gasteiger partial charge in [0.1, 0.15) is 9.88 Å².